The number of hydrogen-bond donors (Lipinski definition) is 0. The van der Waals surface area contributed by atoms with E-state index in [1.165, 1.54) is 10.8 Å². The SMILES string of the molecule is Cc1csc(N2CCN(C(=O)[C@H]3CCn4c(cnc4C(F)(F)F)C3)CC2)n1. The number of amides is 1. The summed E-state index contributed by atoms with van der Waals surface area (Å²) in [5, 5.41) is 2.98. The van der Waals surface area contributed by atoms with E-state index in [0.29, 0.717) is 31.6 Å². The van der Waals surface area contributed by atoms with Gasteiger partial charge in [-0.25, -0.2) is 9.97 Å². The second-order valence-electron chi connectivity index (χ2n) is 7.00. The van der Waals surface area contributed by atoms with E-state index in [1.54, 1.807) is 11.3 Å². The van der Waals surface area contributed by atoms with Crippen LogP contribution in [0.25, 0.3) is 0 Å². The van der Waals surface area contributed by atoms with Crippen LogP contribution in [-0.4, -0.2) is 51.5 Å². The topological polar surface area (TPSA) is 54.3 Å². The minimum absolute atomic E-state index is 0.0333. The summed E-state index contributed by atoms with van der Waals surface area (Å²) in [5.41, 5.74) is 1.48. The molecule has 1 amide bonds. The third-order valence-electron chi connectivity index (χ3n) is 5.17. The van der Waals surface area contributed by atoms with Crippen LogP contribution < -0.4 is 4.90 Å². The van der Waals surface area contributed by atoms with Gasteiger partial charge in [-0.1, -0.05) is 0 Å². The molecule has 2 aliphatic heterocycles. The number of aromatic nitrogens is 3. The van der Waals surface area contributed by atoms with Gasteiger partial charge in [0, 0.05) is 62.3 Å². The number of carbonyl (C=O) groups is 1. The van der Waals surface area contributed by atoms with Crippen molar-refractivity contribution in [1.29, 1.82) is 0 Å². The Hall–Kier alpha value is -2.10. The number of thiazole rings is 1. The molecule has 1 atom stereocenters. The Labute approximate surface area is 158 Å². The van der Waals surface area contributed by atoms with Crippen LogP contribution in [0.4, 0.5) is 18.3 Å². The zero-order valence-corrected chi connectivity index (χ0v) is 15.7. The number of imidazole rings is 1. The molecule has 2 aromatic heterocycles. The van der Waals surface area contributed by atoms with Crippen LogP contribution in [0.15, 0.2) is 11.6 Å². The standard InChI is InChI=1S/C17H20F3N5OS/c1-11-10-27-16(22-11)24-6-4-23(5-7-24)14(26)12-2-3-25-13(8-12)9-21-15(25)17(18,19)20/h9-10,12H,2-8H2,1H3/t12-/m0/s1. The fraction of sp³-hybridized carbons (Fsp3) is 0.588. The third-order valence-corrected chi connectivity index (χ3v) is 6.19. The molecule has 0 saturated carbocycles. The fourth-order valence-corrected chi connectivity index (χ4v) is 4.62. The number of rotatable bonds is 2. The van der Waals surface area contributed by atoms with Gasteiger partial charge in [0.25, 0.3) is 0 Å². The van der Waals surface area contributed by atoms with E-state index < -0.39 is 12.0 Å². The van der Waals surface area contributed by atoms with Gasteiger partial charge in [-0.05, 0) is 13.3 Å². The quantitative estimate of drug-likeness (QED) is 0.779. The molecule has 0 bridgehead atoms. The van der Waals surface area contributed by atoms with Crippen molar-refractivity contribution in [3.63, 3.8) is 0 Å². The first-order valence-corrected chi connectivity index (χ1v) is 9.78. The summed E-state index contributed by atoms with van der Waals surface area (Å²) in [4.78, 5) is 24.9. The highest BCUT2D eigenvalue weighted by atomic mass is 32.1. The van der Waals surface area contributed by atoms with Crippen molar-refractivity contribution in [1.82, 2.24) is 19.4 Å². The minimum atomic E-state index is -4.46. The number of halogens is 3. The zero-order valence-electron chi connectivity index (χ0n) is 14.9. The van der Waals surface area contributed by atoms with E-state index >= 15 is 0 Å². The van der Waals surface area contributed by atoms with Gasteiger partial charge in [-0.2, -0.15) is 13.2 Å². The number of hydrogen-bond acceptors (Lipinski definition) is 5. The van der Waals surface area contributed by atoms with Gasteiger partial charge in [0.15, 0.2) is 5.13 Å². The van der Waals surface area contributed by atoms with Crippen LogP contribution in [0.3, 0.4) is 0 Å². The number of alkyl halides is 3. The lowest BCUT2D eigenvalue weighted by molar-refractivity contribution is -0.147. The van der Waals surface area contributed by atoms with Gasteiger partial charge < -0.3 is 14.4 Å². The second kappa shape index (κ2) is 6.81. The first-order valence-electron chi connectivity index (χ1n) is 8.90. The van der Waals surface area contributed by atoms with Gasteiger partial charge in [0.2, 0.25) is 11.7 Å². The van der Waals surface area contributed by atoms with Gasteiger partial charge >= 0.3 is 6.18 Å². The maximum atomic E-state index is 13.0. The van der Waals surface area contributed by atoms with Crippen LogP contribution in [0.5, 0.6) is 0 Å². The third kappa shape index (κ3) is 3.54. The van der Waals surface area contributed by atoms with Crippen LogP contribution in [-0.2, 0) is 23.9 Å². The maximum absolute atomic E-state index is 13.0. The molecular formula is C17H20F3N5OS. The Balaban J connectivity index is 1.38. The number of nitrogens with zero attached hydrogens (tertiary/aromatic N) is 5. The molecule has 1 fully saturated rings. The molecule has 10 heteroatoms. The molecule has 2 aromatic rings. The van der Waals surface area contributed by atoms with E-state index in [-0.39, 0.29) is 18.4 Å². The lowest BCUT2D eigenvalue weighted by Crippen LogP contribution is -2.51. The highest BCUT2D eigenvalue weighted by Crippen LogP contribution is 2.33. The highest BCUT2D eigenvalue weighted by molar-refractivity contribution is 7.13. The van der Waals surface area contributed by atoms with Crippen LogP contribution in [0.1, 0.15) is 23.6 Å². The Bertz CT molecular complexity index is 838. The summed E-state index contributed by atoms with van der Waals surface area (Å²) >= 11 is 1.60. The molecule has 4 heterocycles. The molecule has 2 aliphatic rings. The zero-order chi connectivity index (χ0) is 19.2. The Kier molecular flexibility index (Phi) is 4.61. The predicted octanol–water partition coefficient (Wildman–Crippen LogP) is 2.58. The Morgan fingerprint density at radius 2 is 1.96 bits per heavy atom. The summed E-state index contributed by atoms with van der Waals surface area (Å²) in [6.07, 6.45) is -2.48. The summed E-state index contributed by atoms with van der Waals surface area (Å²) < 4.78 is 40.1. The predicted molar refractivity (Wildman–Crippen MR) is 94.7 cm³/mol. The molecule has 27 heavy (non-hydrogen) atoms. The molecule has 0 aromatic carbocycles. The van der Waals surface area contributed by atoms with Gasteiger partial charge in [0.1, 0.15) is 0 Å². The molecule has 0 unspecified atom stereocenters. The van der Waals surface area contributed by atoms with Crippen LogP contribution in [0, 0.1) is 12.8 Å². The van der Waals surface area contributed by atoms with Crippen molar-refractivity contribution in [2.45, 2.75) is 32.5 Å². The van der Waals surface area contributed by atoms with E-state index in [9.17, 15) is 18.0 Å². The Morgan fingerprint density at radius 3 is 2.59 bits per heavy atom. The average molecular weight is 399 g/mol. The molecule has 0 aliphatic carbocycles. The molecule has 0 radical (unpaired) electrons. The van der Waals surface area contributed by atoms with Crippen molar-refractivity contribution in [3.8, 4) is 0 Å². The van der Waals surface area contributed by atoms with Crippen LogP contribution >= 0.6 is 11.3 Å². The van der Waals surface area contributed by atoms with Crippen molar-refractivity contribution >= 4 is 22.4 Å². The average Bonchev–Trinajstić information content (AvgIpc) is 3.26. The molecule has 0 spiro atoms. The first kappa shape index (κ1) is 18.3. The number of fused-ring (bicyclic) bond motifs is 1. The van der Waals surface area contributed by atoms with Gasteiger partial charge in [-0.3, -0.25) is 4.79 Å². The smallest absolute Gasteiger partial charge is 0.345 e. The minimum Gasteiger partial charge on any atom is -0.345 e. The van der Waals surface area contributed by atoms with E-state index in [4.69, 9.17) is 0 Å². The first-order chi connectivity index (χ1) is 12.8. The van der Waals surface area contributed by atoms with Crippen molar-refractivity contribution in [3.05, 3.63) is 28.8 Å². The van der Waals surface area contributed by atoms with Gasteiger partial charge in [0.05, 0.1) is 5.69 Å². The highest BCUT2D eigenvalue weighted by Gasteiger charge is 2.40. The summed E-state index contributed by atoms with van der Waals surface area (Å²) in [7, 11) is 0. The Morgan fingerprint density at radius 1 is 1.22 bits per heavy atom. The molecule has 6 nitrogen and oxygen atoms in total. The molecule has 146 valence electrons. The monoisotopic (exact) mass is 399 g/mol. The van der Waals surface area contributed by atoms with E-state index in [2.05, 4.69) is 14.9 Å². The normalized spacial score (nSPS) is 20.7. The lowest BCUT2D eigenvalue weighted by Gasteiger charge is -2.37. The maximum Gasteiger partial charge on any atom is 0.449 e. The van der Waals surface area contributed by atoms with Crippen molar-refractivity contribution in [2.75, 3.05) is 31.1 Å². The van der Waals surface area contributed by atoms with Crippen molar-refractivity contribution in [2.24, 2.45) is 5.92 Å². The fourth-order valence-electron chi connectivity index (χ4n) is 3.76. The van der Waals surface area contributed by atoms with E-state index in [0.717, 1.165) is 23.9 Å². The summed E-state index contributed by atoms with van der Waals surface area (Å²) in [6.45, 7) is 4.81. The largest absolute Gasteiger partial charge is 0.449 e. The van der Waals surface area contributed by atoms with Crippen LogP contribution in [0.2, 0.25) is 0 Å². The number of carbonyl (C=O) groups excluding carboxylic acids is 1. The lowest BCUT2D eigenvalue weighted by atomic mass is 9.94. The second-order valence-corrected chi connectivity index (χ2v) is 7.83. The number of piperazine rings is 1. The van der Waals surface area contributed by atoms with Gasteiger partial charge in [-0.15, -0.1) is 11.3 Å². The van der Waals surface area contributed by atoms with Crippen molar-refractivity contribution < 1.29 is 18.0 Å². The molecular weight excluding hydrogens is 379 g/mol. The van der Waals surface area contributed by atoms with E-state index in [1.807, 2.05) is 17.2 Å². The molecule has 4 rings (SSSR count). The number of anilines is 1. The summed E-state index contributed by atoms with van der Waals surface area (Å²) in [5.74, 6) is -1.11. The summed E-state index contributed by atoms with van der Waals surface area (Å²) in [6, 6.07) is 0. The molecule has 1 saturated heterocycles. The number of aryl methyl sites for hydroxylation is 1. The molecule has 0 N–H and O–H groups in total.